The summed E-state index contributed by atoms with van der Waals surface area (Å²) in [5.41, 5.74) is 0. The van der Waals surface area contributed by atoms with Crippen molar-refractivity contribution in [1.29, 1.82) is 0 Å². The molecule has 1 aliphatic heterocycles. The summed E-state index contributed by atoms with van der Waals surface area (Å²) in [7, 11) is 0. The second-order valence-electron chi connectivity index (χ2n) is 5.61. The Balaban J connectivity index is 1.68. The van der Waals surface area contributed by atoms with Crippen molar-refractivity contribution in [3.8, 4) is 0 Å². The molecule has 2 rings (SSSR count). The van der Waals surface area contributed by atoms with Crippen molar-refractivity contribution in [1.82, 2.24) is 10.2 Å². The minimum atomic E-state index is 0.446. The first-order valence-corrected chi connectivity index (χ1v) is 6.82. The number of hydrogen-bond acceptors (Lipinski definition) is 3. The molecule has 3 nitrogen and oxygen atoms in total. The van der Waals surface area contributed by atoms with Gasteiger partial charge in [-0.2, -0.15) is 0 Å². The summed E-state index contributed by atoms with van der Waals surface area (Å²) in [5, 5.41) is 3.40. The molecule has 0 radical (unpaired) electrons. The van der Waals surface area contributed by atoms with Gasteiger partial charge in [-0.3, -0.25) is 0 Å². The Bertz CT molecular complexity index is 198. The third-order valence-corrected chi connectivity index (χ3v) is 3.41. The lowest BCUT2D eigenvalue weighted by molar-refractivity contribution is 0.0161. The van der Waals surface area contributed by atoms with Crippen LogP contribution in [0.15, 0.2) is 0 Å². The van der Waals surface area contributed by atoms with Crippen molar-refractivity contribution in [2.75, 3.05) is 32.8 Å². The van der Waals surface area contributed by atoms with E-state index in [1.807, 2.05) is 0 Å². The first kappa shape index (κ1) is 12.3. The molecule has 1 saturated heterocycles. The van der Waals surface area contributed by atoms with E-state index in [1.54, 1.807) is 0 Å². The SMILES string of the molecule is CC(C)CN(CCC1CNCCO1)C1CC1. The Morgan fingerprint density at radius 3 is 2.75 bits per heavy atom. The zero-order valence-electron chi connectivity index (χ0n) is 10.7. The molecule has 3 heteroatoms. The van der Waals surface area contributed by atoms with Gasteiger partial charge in [-0.05, 0) is 25.2 Å². The van der Waals surface area contributed by atoms with E-state index in [9.17, 15) is 0 Å². The lowest BCUT2D eigenvalue weighted by atomic mass is 10.1. The fourth-order valence-electron chi connectivity index (χ4n) is 2.45. The van der Waals surface area contributed by atoms with Crippen molar-refractivity contribution in [3.63, 3.8) is 0 Å². The van der Waals surface area contributed by atoms with E-state index < -0.39 is 0 Å². The topological polar surface area (TPSA) is 24.5 Å². The maximum absolute atomic E-state index is 5.74. The highest BCUT2D eigenvalue weighted by atomic mass is 16.5. The molecule has 0 bridgehead atoms. The highest BCUT2D eigenvalue weighted by molar-refractivity contribution is 4.85. The van der Waals surface area contributed by atoms with Gasteiger partial charge < -0.3 is 15.0 Å². The van der Waals surface area contributed by atoms with Crippen LogP contribution >= 0.6 is 0 Å². The maximum atomic E-state index is 5.74. The summed E-state index contributed by atoms with van der Waals surface area (Å²) in [5.74, 6) is 0.783. The normalized spacial score (nSPS) is 26.6. The van der Waals surface area contributed by atoms with E-state index in [-0.39, 0.29) is 0 Å². The van der Waals surface area contributed by atoms with Crippen LogP contribution in [-0.4, -0.2) is 49.8 Å². The second kappa shape index (κ2) is 5.99. The van der Waals surface area contributed by atoms with Crippen LogP contribution in [0.3, 0.4) is 0 Å². The molecule has 1 heterocycles. The maximum Gasteiger partial charge on any atom is 0.0712 e. The van der Waals surface area contributed by atoms with E-state index >= 15 is 0 Å². The smallest absolute Gasteiger partial charge is 0.0712 e. The third kappa shape index (κ3) is 4.04. The lowest BCUT2D eigenvalue weighted by Crippen LogP contribution is -2.41. The summed E-state index contributed by atoms with van der Waals surface area (Å²) < 4.78 is 5.74. The molecule has 0 spiro atoms. The fraction of sp³-hybridized carbons (Fsp3) is 1.00. The van der Waals surface area contributed by atoms with Gasteiger partial charge in [0.2, 0.25) is 0 Å². The van der Waals surface area contributed by atoms with Crippen LogP contribution < -0.4 is 5.32 Å². The highest BCUT2D eigenvalue weighted by Gasteiger charge is 2.29. The molecular formula is C13H26N2O. The molecule has 1 unspecified atom stereocenters. The average molecular weight is 226 g/mol. The van der Waals surface area contributed by atoms with Crippen LogP contribution in [0.4, 0.5) is 0 Å². The van der Waals surface area contributed by atoms with Gasteiger partial charge in [0, 0.05) is 32.2 Å². The van der Waals surface area contributed by atoms with Crippen LogP contribution in [-0.2, 0) is 4.74 Å². The van der Waals surface area contributed by atoms with Gasteiger partial charge in [0.15, 0.2) is 0 Å². The van der Waals surface area contributed by atoms with Crippen LogP contribution in [0.5, 0.6) is 0 Å². The second-order valence-corrected chi connectivity index (χ2v) is 5.61. The van der Waals surface area contributed by atoms with Crippen molar-refractivity contribution < 1.29 is 4.74 Å². The van der Waals surface area contributed by atoms with Gasteiger partial charge in [-0.25, -0.2) is 0 Å². The molecule has 94 valence electrons. The average Bonchev–Trinajstić information content (AvgIpc) is 3.09. The Hall–Kier alpha value is -0.120. The predicted molar refractivity (Wildman–Crippen MR) is 66.7 cm³/mol. The molecule has 16 heavy (non-hydrogen) atoms. The van der Waals surface area contributed by atoms with E-state index in [2.05, 4.69) is 24.1 Å². The number of hydrogen-bond donors (Lipinski definition) is 1. The third-order valence-electron chi connectivity index (χ3n) is 3.41. The molecule has 0 amide bonds. The molecule has 1 aliphatic carbocycles. The van der Waals surface area contributed by atoms with E-state index in [1.165, 1.54) is 32.4 Å². The summed E-state index contributed by atoms with van der Waals surface area (Å²) in [6, 6.07) is 0.888. The molecule has 1 saturated carbocycles. The number of morpholine rings is 1. The Labute approximate surface area is 99.5 Å². The minimum Gasteiger partial charge on any atom is -0.376 e. The van der Waals surface area contributed by atoms with Crippen molar-refractivity contribution in [3.05, 3.63) is 0 Å². The molecule has 0 aromatic heterocycles. The lowest BCUT2D eigenvalue weighted by Gasteiger charge is -2.28. The van der Waals surface area contributed by atoms with Gasteiger partial charge in [0.05, 0.1) is 12.7 Å². The Morgan fingerprint density at radius 1 is 1.38 bits per heavy atom. The van der Waals surface area contributed by atoms with Crippen molar-refractivity contribution in [2.45, 2.75) is 45.3 Å². The van der Waals surface area contributed by atoms with Crippen LogP contribution in [0.25, 0.3) is 0 Å². The van der Waals surface area contributed by atoms with Crippen LogP contribution in [0.1, 0.15) is 33.1 Å². The number of rotatable bonds is 6. The van der Waals surface area contributed by atoms with Gasteiger partial charge in [0.25, 0.3) is 0 Å². The predicted octanol–water partition coefficient (Wildman–Crippen LogP) is 1.49. The summed E-state index contributed by atoms with van der Waals surface area (Å²) in [6.07, 6.45) is 4.46. The zero-order valence-corrected chi connectivity index (χ0v) is 10.7. The summed E-state index contributed by atoms with van der Waals surface area (Å²) >= 11 is 0. The standard InChI is InChI=1S/C13H26N2O/c1-11(2)10-15(12-3-4-12)7-5-13-9-14-6-8-16-13/h11-14H,3-10H2,1-2H3. The minimum absolute atomic E-state index is 0.446. The fourth-order valence-corrected chi connectivity index (χ4v) is 2.45. The van der Waals surface area contributed by atoms with Crippen LogP contribution in [0, 0.1) is 5.92 Å². The molecule has 2 aliphatic rings. The molecular weight excluding hydrogens is 200 g/mol. The highest BCUT2D eigenvalue weighted by Crippen LogP contribution is 2.27. The molecule has 2 fully saturated rings. The largest absolute Gasteiger partial charge is 0.376 e. The van der Waals surface area contributed by atoms with Gasteiger partial charge in [-0.1, -0.05) is 13.8 Å². The van der Waals surface area contributed by atoms with Gasteiger partial charge in [-0.15, -0.1) is 0 Å². The molecule has 0 aromatic rings. The van der Waals surface area contributed by atoms with E-state index in [0.29, 0.717) is 6.10 Å². The zero-order chi connectivity index (χ0) is 11.4. The quantitative estimate of drug-likeness (QED) is 0.742. The number of ether oxygens (including phenoxy) is 1. The first-order chi connectivity index (χ1) is 7.75. The van der Waals surface area contributed by atoms with Crippen molar-refractivity contribution >= 4 is 0 Å². The molecule has 1 atom stereocenters. The molecule has 1 N–H and O–H groups in total. The Morgan fingerprint density at radius 2 is 2.19 bits per heavy atom. The van der Waals surface area contributed by atoms with E-state index in [4.69, 9.17) is 4.74 Å². The van der Waals surface area contributed by atoms with Crippen molar-refractivity contribution in [2.24, 2.45) is 5.92 Å². The first-order valence-electron chi connectivity index (χ1n) is 6.82. The monoisotopic (exact) mass is 226 g/mol. The summed E-state index contributed by atoms with van der Waals surface area (Å²) in [6.45, 7) is 10.1. The van der Waals surface area contributed by atoms with Crippen LogP contribution in [0.2, 0.25) is 0 Å². The van der Waals surface area contributed by atoms with Gasteiger partial charge >= 0.3 is 0 Å². The van der Waals surface area contributed by atoms with Gasteiger partial charge in [0.1, 0.15) is 0 Å². The summed E-state index contributed by atoms with van der Waals surface area (Å²) in [4.78, 5) is 2.67. The number of nitrogens with zero attached hydrogens (tertiary/aromatic N) is 1. The Kier molecular flexibility index (Phi) is 4.62. The number of nitrogens with one attached hydrogen (secondary N) is 1. The van der Waals surface area contributed by atoms with E-state index in [0.717, 1.165) is 31.7 Å². The molecule has 0 aromatic carbocycles.